The van der Waals surface area contributed by atoms with Crippen molar-refractivity contribution in [1.82, 2.24) is 9.80 Å². The molecule has 2 aliphatic rings. The van der Waals surface area contributed by atoms with Crippen LogP contribution in [0.25, 0.3) is 0 Å². The SMILES string of the molecule is COc1cc2c(cc1OC)C(C)N(CC(COc1cc3c(cc1OC)CC(=O)N(C)CC3)c1ccc(Cl)cc1)CC2. The standard InChI is InChI=1S/C33H39ClN2O5/c1-21-28-18-31(40-5)29(38-3)15-24(28)11-13-36(21)19-26(22-6-8-27(34)9-7-22)20-41-32-14-23-10-12-35(2)33(37)17-25(23)16-30(32)39-4/h6-9,14-16,18,21,26H,10-13,17,19-20H2,1-5H3. The lowest BCUT2D eigenvalue weighted by Crippen LogP contribution is -2.38. The summed E-state index contributed by atoms with van der Waals surface area (Å²) in [5.41, 5.74) is 5.86. The molecule has 41 heavy (non-hydrogen) atoms. The lowest BCUT2D eigenvalue weighted by molar-refractivity contribution is -0.128. The van der Waals surface area contributed by atoms with E-state index in [9.17, 15) is 4.79 Å². The molecule has 3 aromatic carbocycles. The van der Waals surface area contributed by atoms with E-state index in [0.29, 0.717) is 36.1 Å². The number of likely N-dealkylation sites (N-methyl/N-ethyl adjacent to an activating group) is 1. The van der Waals surface area contributed by atoms with Gasteiger partial charge in [0.1, 0.15) is 0 Å². The van der Waals surface area contributed by atoms with Gasteiger partial charge in [-0.2, -0.15) is 0 Å². The summed E-state index contributed by atoms with van der Waals surface area (Å²) in [6.45, 7) is 5.14. The van der Waals surface area contributed by atoms with Crippen molar-refractivity contribution >= 4 is 17.5 Å². The summed E-state index contributed by atoms with van der Waals surface area (Å²) in [4.78, 5) is 16.7. The Kier molecular flexibility index (Phi) is 8.95. The van der Waals surface area contributed by atoms with Crippen LogP contribution in [0.1, 0.15) is 46.7 Å². The molecule has 0 radical (unpaired) electrons. The Balaban J connectivity index is 1.39. The van der Waals surface area contributed by atoms with Gasteiger partial charge in [0.2, 0.25) is 5.91 Å². The number of fused-ring (bicyclic) bond motifs is 2. The smallest absolute Gasteiger partial charge is 0.226 e. The number of methoxy groups -OCH3 is 3. The quantitative estimate of drug-likeness (QED) is 0.324. The van der Waals surface area contributed by atoms with E-state index in [0.717, 1.165) is 48.6 Å². The van der Waals surface area contributed by atoms with Gasteiger partial charge in [0, 0.05) is 43.7 Å². The maximum Gasteiger partial charge on any atom is 0.226 e. The van der Waals surface area contributed by atoms with Crippen LogP contribution in [0.15, 0.2) is 48.5 Å². The number of rotatable bonds is 9. The molecular weight excluding hydrogens is 540 g/mol. The van der Waals surface area contributed by atoms with Crippen LogP contribution in [0.3, 0.4) is 0 Å². The number of halogens is 1. The van der Waals surface area contributed by atoms with Crippen LogP contribution in [0.4, 0.5) is 0 Å². The third kappa shape index (κ3) is 6.26. The molecular formula is C33H39ClN2O5. The molecule has 218 valence electrons. The molecule has 0 spiro atoms. The van der Waals surface area contributed by atoms with Gasteiger partial charge < -0.3 is 23.8 Å². The Morgan fingerprint density at radius 1 is 0.854 bits per heavy atom. The largest absolute Gasteiger partial charge is 0.493 e. The number of amides is 1. The van der Waals surface area contributed by atoms with Crippen LogP contribution < -0.4 is 18.9 Å². The first-order chi connectivity index (χ1) is 19.8. The first-order valence-electron chi connectivity index (χ1n) is 14.1. The number of carbonyl (C=O) groups excluding carboxylic acids is 1. The van der Waals surface area contributed by atoms with E-state index in [1.165, 1.54) is 16.7 Å². The van der Waals surface area contributed by atoms with Crippen molar-refractivity contribution in [2.45, 2.75) is 38.1 Å². The van der Waals surface area contributed by atoms with Gasteiger partial charge in [-0.1, -0.05) is 23.7 Å². The second-order valence-corrected chi connectivity index (χ2v) is 11.3. The van der Waals surface area contributed by atoms with Crippen LogP contribution in [0.5, 0.6) is 23.0 Å². The van der Waals surface area contributed by atoms with E-state index in [1.54, 1.807) is 26.2 Å². The Morgan fingerprint density at radius 2 is 1.46 bits per heavy atom. The van der Waals surface area contributed by atoms with E-state index in [2.05, 4.69) is 42.2 Å². The summed E-state index contributed by atoms with van der Waals surface area (Å²) in [5, 5.41) is 0.710. The van der Waals surface area contributed by atoms with Crippen LogP contribution in [0, 0.1) is 0 Å². The Labute approximate surface area is 247 Å². The molecule has 2 heterocycles. The van der Waals surface area contributed by atoms with Crippen LogP contribution in [0.2, 0.25) is 5.02 Å². The van der Waals surface area contributed by atoms with Crippen LogP contribution in [-0.4, -0.2) is 70.3 Å². The van der Waals surface area contributed by atoms with E-state index < -0.39 is 0 Å². The molecule has 8 heteroatoms. The molecule has 0 aromatic heterocycles. The highest BCUT2D eigenvalue weighted by Gasteiger charge is 2.29. The monoisotopic (exact) mass is 578 g/mol. The average Bonchev–Trinajstić information content (AvgIpc) is 3.12. The maximum atomic E-state index is 12.4. The van der Waals surface area contributed by atoms with Gasteiger partial charge in [-0.25, -0.2) is 0 Å². The summed E-state index contributed by atoms with van der Waals surface area (Å²) in [6.07, 6.45) is 2.10. The van der Waals surface area contributed by atoms with Gasteiger partial charge in [0.25, 0.3) is 0 Å². The molecule has 0 saturated heterocycles. The van der Waals surface area contributed by atoms with E-state index >= 15 is 0 Å². The minimum Gasteiger partial charge on any atom is -0.493 e. The van der Waals surface area contributed by atoms with Gasteiger partial charge in [-0.3, -0.25) is 9.69 Å². The van der Waals surface area contributed by atoms with Crippen molar-refractivity contribution in [2.75, 3.05) is 54.6 Å². The summed E-state index contributed by atoms with van der Waals surface area (Å²) < 4.78 is 23.4. The minimum atomic E-state index is 0.0904. The molecule has 3 aromatic rings. The van der Waals surface area contributed by atoms with Crippen molar-refractivity contribution < 1.29 is 23.7 Å². The summed E-state index contributed by atoms with van der Waals surface area (Å²) >= 11 is 6.25. The zero-order valence-electron chi connectivity index (χ0n) is 24.5. The number of hydrogen-bond donors (Lipinski definition) is 0. The molecule has 0 fully saturated rings. The molecule has 1 amide bonds. The average molecular weight is 579 g/mol. The highest BCUT2D eigenvalue weighted by molar-refractivity contribution is 6.30. The molecule has 0 N–H and O–H groups in total. The maximum absolute atomic E-state index is 12.4. The Hall–Kier alpha value is -3.42. The number of ether oxygens (including phenoxy) is 4. The fraction of sp³-hybridized carbons (Fsp3) is 0.424. The molecule has 2 aliphatic heterocycles. The molecule has 5 rings (SSSR count). The zero-order valence-corrected chi connectivity index (χ0v) is 25.3. The third-order valence-corrected chi connectivity index (χ3v) is 8.77. The van der Waals surface area contributed by atoms with Gasteiger partial charge in [0.05, 0.1) is 34.4 Å². The van der Waals surface area contributed by atoms with Gasteiger partial charge >= 0.3 is 0 Å². The van der Waals surface area contributed by atoms with E-state index in [4.69, 9.17) is 30.5 Å². The van der Waals surface area contributed by atoms with Crippen molar-refractivity contribution in [3.63, 3.8) is 0 Å². The molecule has 0 saturated carbocycles. The summed E-state index contributed by atoms with van der Waals surface area (Å²) in [7, 11) is 6.85. The summed E-state index contributed by atoms with van der Waals surface area (Å²) in [5.74, 6) is 3.09. The molecule has 2 unspecified atom stereocenters. The first kappa shape index (κ1) is 29.1. The van der Waals surface area contributed by atoms with Crippen molar-refractivity contribution in [1.29, 1.82) is 0 Å². The fourth-order valence-corrected chi connectivity index (χ4v) is 6.06. The predicted octanol–water partition coefficient (Wildman–Crippen LogP) is 5.70. The lowest BCUT2D eigenvalue weighted by Gasteiger charge is -2.38. The second-order valence-electron chi connectivity index (χ2n) is 10.9. The molecule has 2 atom stereocenters. The third-order valence-electron chi connectivity index (χ3n) is 8.52. The first-order valence-corrected chi connectivity index (χ1v) is 14.5. The highest BCUT2D eigenvalue weighted by Crippen LogP contribution is 2.39. The Bertz CT molecular complexity index is 1390. The molecule has 0 aliphatic carbocycles. The predicted molar refractivity (Wildman–Crippen MR) is 161 cm³/mol. The number of benzene rings is 3. The normalized spacial score (nSPS) is 17.8. The van der Waals surface area contributed by atoms with Gasteiger partial charge in [-0.05, 0) is 84.0 Å². The highest BCUT2D eigenvalue weighted by atomic mass is 35.5. The second kappa shape index (κ2) is 12.6. The number of nitrogens with zero attached hydrogens (tertiary/aromatic N) is 2. The zero-order chi connectivity index (χ0) is 29.1. The van der Waals surface area contributed by atoms with Crippen LogP contribution >= 0.6 is 11.6 Å². The van der Waals surface area contributed by atoms with Crippen molar-refractivity contribution in [3.05, 3.63) is 81.4 Å². The minimum absolute atomic E-state index is 0.0904. The van der Waals surface area contributed by atoms with Crippen LogP contribution in [-0.2, 0) is 24.1 Å². The Morgan fingerprint density at radius 3 is 2.17 bits per heavy atom. The number of carbonyl (C=O) groups is 1. The van der Waals surface area contributed by atoms with E-state index in [-0.39, 0.29) is 17.9 Å². The van der Waals surface area contributed by atoms with Gasteiger partial charge in [0.15, 0.2) is 23.0 Å². The topological polar surface area (TPSA) is 60.5 Å². The van der Waals surface area contributed by atoms with Crippen molar-refractivity contribution in [2.24, 2.45) is 0 Å². The van der Waals surface area contributed by atoms with Gasteiger partial charge in [-0.15, -0.1) is 0 Å². The lowest BCUT2D eigenvalue weighted by atomic mass is 9.90. The fourth-order valence-electron chi connectivity index (χ4n) is 5.93. The van der Waals surface area contributed by atoms with E-state index in [1.807, 2.05) is 25.2 Å². The molecule has 0 bridgehead atoms. The summed E-state index contributed by atoms with van der Waals surface area (Å²) in [6, 6.07) is 16.5. The molecule has 7 nitrogen and oxygen atoms in total. The number of hydrogen-bond acceptors (Lipinski definition) is 6. The van der Waals surface area contributed by atoms with Crippen molar-refractivity contribution in [3.8, 4) is 23.0 Å².